The molecule has 174 valence electrons. The van der Waals surface area contributed by atoms with E-state index in [1.54, 1.807) is 19.0 Å². The van der Waals surface area contributed by atoms with E-state index in [2.05, 4.69) is 0 Å². The second-order valence-electron chi connectivity index (χ2n) is 8.75. The molecule has 3 atom stereocenters. The lowest BCUT2D eigenvalue weighted by molar-refractivity contribution is -0.147. The predicted octanol–water partition coefficient (Wildman–Crippen LogP) is 0.188. The number of amides is 1. The molecule has 4 rings (SSSR count). The predicted molar refractivity (Wildman–Crippen MR) is 113 cm³/mol. The Balaban J connectivity index is 1.99. The van der Waals surface area contributed by atoms with E-state index >= 15 is 0 Å². The SMILES string of the molecule is CN(C)c1cc(C(=O)O)c(O)c2c1CC1CC3CC(=O)C(C(N)=O)=C(O)[C@@]3(O)C(=O)C1=C2O. The topological polar surface area (TPSA) is 199 Å². The van der Waals surface area contributed by atoms with E-state index in [-0.39, 0.29) is 24.0 Å². The highest BCUT2D eigenvalue weighted by atomic mass is 16.4. The van der Waals surface area contributed by atoms with Crippen molar-refractivity contribution in [3.05, 3.63) is 39.7 Å². The fourth-order valence-corrected chi connectivity index (χ4v) is 5.23. The van der Waals surface area contributed by atoms with Crippen molar-refractivity contribution in [3.63, 3.8) is 0 Å². The monoisotopic (exact) mass is 458 g/mol. The first-order chi connectivity index (χ1) is 15.3. The van der Waals surface area contributed by atoms with Crippen LogP contribution < -0.4 is 10.6 Å². The van der Waals surface area contributed by atoms with Gasteiger partial charge in [0.15, 0.2) is 11.4 Å². The van der Waals surface area contributed by atoms with Crippen LogP contribution in [-0.2, 0) is 20.8 Å². The van der Waals surface area contributed by atoms with Crippen LogP contribution in [0.5, 0.6) is 5.75 Å². The molecule has 0 aromatic heterocycles. The zero-order valence-electron chi connectivity index (χ0n) is 17.7. The van der Waals surface area contributed by atoms with E-state index in [1.165, 1.54) is 6.07 Å². The molecule has 1 aromatic rings. The van der Waals surface area contributed by atoms with Crippen LogP contribution in [0, 0.1) is 11.8 Å². The second-order valence-corrected chi connectivity index (χ2v) is 8.75. The van der Waals surface area contributed by atoms with E-state index in [0.717, 1.165) is 0 Å². The maximum absolute atomic E-state index is 13.4. The van der Waals surface area contributed by atoms with Crippen LogP contribution >= 0.6 is 0 Å². The van der Waals surface area contributed by atoms with Gasteiger partial charge in [-0.1, -0.05) is 0 Å². The van der Waals surface area contributed by atoms with Crippen molar-refractivity contribution in [2.45, 2.75) is 24.9 Å². The molecule has 1 amide bonds. The number of aliphatic hydroxyl groups is 3. The first-order valence-electron chi connectivity index (χ1n) is 10.1. The highest BCUT2D eigenvalue weighted by Crippen LogP contribution is 2.53. The van der Waals surface area contributed by atoms with Crippen molar-refractivity contribution < 1.29 is 44.7 Å². The molecule has 3 aliphatic carbocycles. The molecule has 0 heterocycles. The number of aromatic carboxylic acids is 1. The Morgan fingerprint density at radius 3 is 2.33 bits per heavy atom. The van der Waals surface area contributed by atoms with Gasteiger partial charge < -0.3 is 36.2 Å². The third kappa shape index (κ3) is 2.85. The number of aliphatic hydroxyl groups excluding tert-OH is 2. The van der Waals surface area contributed by atoms with Crippen LogP contribution in [0.1, 0.15) is 34.3 Å². The van der Waals surface area contributed by atoms with Crippen LogP contribution in [0.3, 0.4) is 0 Å². The highest BCUT2D eigenvalue weighted by Gasteiger charge is 2.60. The number of carbonyl (C=O) groups is 4. The number of hydrogen-bond donors (Lipinski definition) is 6. The molecule has 1 saturated carbocycles. The molecule has 0 bridgehead atoms. The standard InChI is InChI=1S/C22H22N2O9/c1-24(2)11-6-10(21(31)32)16(26)14-9(11)4-7-3-8-5-12(25)15(20(23)30)19(29)22(8,33)18(28)13(7)17(14)27/h6-8,26-27,29,33H,3-5H2,1-2H3,(H2,23,30)(H,31,32)/t7?,8?,22-/m0/s1. The summed E-state index contributed by atoms with van der Waals surface area (Å²) < 4.78 is 0. The Morgan fingerprint density at radius 2 is 1.79 bits per heavy atom. The molecule has 1 fully saturated rings. The molecule has 2 unspecified atom stereocenters. The van der Waals surface area contributed by atoms with E-state index in [9.17, 15) is 44.7 Å². The summed E-state index contributed by atoms with van der Waals surface area (Å²) in [4.78, 5) is 50.7. The van der Waals surface area contributed by atoms with Gasteiger partial charge in [0.25, 0.3) is 5.91 Å². The lowest BCUT2D eigenvalue weighted by Crippen LogP contribution is -2.58. The summed E-state index contributed by atoms with van der Waals surface area (Å²) in [5.74, 6) is -9.09. The summed E-state index contributed by atoms with van der Waals surface area (Å²) in [6, 6.07) is 1.26. The largest absolute Gasteiger partial charge is 0.508 e. The number of fused-ring (bicyclic) bond motifs is 3. The maximum atomic E-state index is 13.4. The fourth-order valence-electron chi connectivity index (χ4n) is 5.23. The molecule has 11 nitrogen and oxygen atoms in total. The molecule has 1 aromatic carbocycles. The van der Waals surface area contributed by atoms with Crippen molar-refractivity contribution in [3.8, 4) is 5.75 Å². The van der Waals surface area contributed by atoms with E-state index in [0.29, 0.717) is 11.3 Å². The van der Waals surface area contributed by atoms with Crippen molar-refractivity contribution in [1.82, 2.24) is 0 Å². The number of nitrogens with zero attached hydrogens (tertiary/aromatic N) is 1. The number of carbonyl (C=O) groups excluding carboxylic acids is 3. The number of ketones is 2. The molecule has 11 heteroatoms. The lowest BCUT2D eigenvalue weighted by atomic mass is 9.59. The van der Waals surface area contributed by atoms with Crippen LogP contribution in [-0.4, -0.2) is 68.7 Å². The Kier molecular flexibility index (Phi) is 4.79. The summed E-state index contributed by atoms with van der Waals surface area (Å²) in [5.41, 5.74) is 1.33. The van der Waals surface area contributed by atoms with Gasteiger partial charge in [-0.2, -0.15) is 0 Å². The number of anilines is 1. The number of primary amides is 1. The van der Waals surface area contributed by atoms with Crippen molar-refractivity contribution >= 4 is 34.9 Å². The van der Waals surface area contributed by atoms with Crippen molar-refractivity contribution in [2.75, 3.05) is 19.0 Å². The van der Waals surface area contributed by atoms with Crippen LogP contribution in [0.2, 0.25) is 0 Å². The number of hydrogen-bond acceptors (Lipinski definition) is 9. The zero-order chi connectivity index (χ0) is 24.6. The minimum atomic E-state index is -2.67. The molecule has 0 saturated heterocycles. The summed E-state index contributed by atoms with van der Waals surface area (Å²) in [5, 5.41) is 52.9. The Labute approximate surface area is 187 Å². The van der Waals surface area contributed by atoms with E-state index < -0.39 is 75.7 Å². The first-order valence-corrected chi connectivity index (χ1v) is 10.1. The number of benzene rings is 1. The molecular formula is C22H22N2O9. The lowest BCUT2D eigenvalue weighted by Gasteiger charge is -2.46. The van der Waals surface area contributed by atoms with Crippen molar-refractivity contribution in [2.24, 2.45) is 17.6 Å². The van der Waals surface area contributed by atoms with Crippen LogP contribution in [0.15, 0.2) is 23.0 Å². The minimum Gasteiger partial charge on any atom is -0.508 e. The number of Topliss-reactive ketones (excluding diaryl/α,β-unsaturated/α-hetero) is 2. The summed E-state index contributed by atoms with van der Waals surface area (Å²) in [6.07, 6.45) is -0.321. The van der Waals surface area contributed by atoms with Gasteiger partial charge in [-0.15, -0.1) is 0 Å². The van der Waals surface area contributed by atoms with Gasteiger partial charge in [-0.05, 0) is 30.4 Å². The van der Waals surface area contributed by atoms with E-state index in [4.69, 9.17) is 5.73 Å². The second kappa shape index (κ2) is 7.07. The number of carboxylic acids is 1. The quantitative estimate of drug-likeness (QED) is 0.340. The minimum absolute atomic E-state index is 0.00275. The van der Waals surface area contributed by atoms with Gasteiger partial charge in [-0.3, -0.25) is 14.4 Å². The van der Waals surface area contributed by atoms with Gasteiger partial charge in [0.1, 0.15) is 28.4 Å². The van der Waals surface area contributed by atoms with Gasteiger partial charge in [0.05, 0.1) is 5.56 Å². The Morgan fingerprint density at radius 1 is 1.15 bits per heavy atom. The molecular weight excluding hydrogens is 436 g/mol. The summed E-state index contributed by atoms with van der Waals surface area (Å²) >= 11 is 0. The number of aromatic hydroxyl groups is 1. The summed E-state index contributed by atoms with van der Waals surface area (Å²) in [7, 11) is 3.29. The Hall–Kier alpha value is -3.86. The van der Waals surface area contributed by atoms with Gasteiger partial charge >= 0.3 is 5.97 Å². The summed E-state index contributed by atoms with van der Waals surface area (Å²) in [6.45, 7) is 0. The molecule has 0 aliphatic heterocycles. The van der Waals surface area contributed by atoms with E-state index in [1.807, 2.05) is 0 Å². The fraction of sp³-hybridized carbons (Fsp3) is 0.364. The highest BCUT2D eigenvalue weighted by molar-refractivity contribution is 6.22. The average molecular weight is 458 g/mol. The van der Waals surface area contributed by atoms with Crippen molar-refractivity contribution in [1.29, 1.82) is 0 Å². The zero-order valence-corrected chi connectivity index (χ0v) is 17.7. The third-order valence-electron chi connectivity index (χ3n) is 6.75. The first kappa shape index (κ1) is 22.3. The van der Waals surface area contributed by atoms with Gasteiger partial charge in [0, 0.05) is 37.7 Å². The maximum Gasteiger partial charge on any atom is 0.339 e. The normalized spacial score (nSPS) is 26.5. The smallest absolute Gasteiger partial charge is 0.339 e. The van der Waals surface area contributed by atoms with Gasteiger partial charge in [0.2, 0.25) is 5.78 Å². The molecule has 3 aliphatic rings. The Bertz CT molecular complexity index is 1230. The average Bonchev–Trinajstić information content (AvgIpc) is 2.70. The third-order valence-corrected chi connectivity index (χ3v) is 6.75. The van der Waals surface area contributed by atoms with Crippen LogP contribution in [0.4, 0.5) is 5.69 Å². The molecule has 0 radical (unpaired) electrons. The van der Waals surface area contributed by atoms with Crippen LogP contribution in [0.25, 0.3) is 5.76 Å². The number of carboxylic acid groups (broad SMARTS) is 1. The number of phenols is 1. The molecule has 33 heavy (non-hydrogen) atoms. The number of nitrogens with two attached hydrogens (primary N) is 1. The molecule has 7 N–H and O–H groups in total. The number of rotatable bonds is 3. The molecule has 0 spiro atoms. The van der Waals surface area contributed by atoms with Gasteiger partial charge in [-0.25, -0.2) is 4.79 Å².